The number of imidazole rings is 1. The number of benzene rings is 2. The van der Waals surface area contributed by atoms with E-state index in [4.69, 9.17) is 15.9 Å². The lowest BCUT2D eigenvalue weighted by Crippen LogP contribution is -2.25. The van der Waals surface area contributed by atoms with Gasteiger partial charge < -0.3 is 14.8 Å². The van der Waals surface area contributed by atoms with Crippen LogP contribution in [0.4, 0.5) is 5.82 Å². The van der Waals surface area contributed by atoms with Crippen LogP contribution in [0.5, 0.6) is 11.5 Å². The minimum Gasteiger partial charge on any atom is -0.493 e. The highest BCUT2D eigenvalue weighted by Crippen LogP contribution is 2.40. The lowest BCUT2D eigenvalue weighted by molar-refractivity contribution is -0.116. The van der Waals surface area contributed by atoms with Crippen molar-refractivity contribution in [3.63, 3.8) is 0 Å². The number of aromatic nitrogens is 2. The molecule has 0 unspecified atom stereocenters. The van der Waals surface area contributed by atoms with Crippen molar-refractivity contribution in [2.45, 2.75) is 12.3 Å². The SMILES string of the molecule is C#CCOc1ccc([C@@H]2CC(=O)Nc3c2ncn3-c2ccccc2)cc1OC. The number of para-hydroxylation sites is 1. The molecule has 2 aromatic carbocycles. The van der Waals surface area contributed by atoms with Gasteiger partial charge in [0.05, 0.1) is 12.8 Å². The molecule has 1 amide bonds. The Kier molecular flexibility index (Phi) is 4.73. The molecule has 0 spiro atoms. The van der Waals surface area contributed by atoms with Crippen LogP contribution >= 0.6 is 0 Å². The van der Waals surface area contributed by atoms with Crippen LogP contribution in [0.25, 0.3) is 5.69 Å². The second-order valence-corrected chi connectivity index (χ2v) is 6.39. The number of hydrogen-bond acceptors (Lipinski definition) is 4. The molecule has 1 aromatic heterocycles. The minimum absolute atomic E-state index is 0.0539. The van der Waals surface area contributed by atoms with Crippen LogP contribution in [0.1, 0.15) is 23.6 Å². The molecule has 0 fully saturated rings. The Hall–Kier alpha value is -3.72. The maximum atomic E-state index is 12.4. The summed E-state index contributed by atoms with van der Waals surface area (Å²) >= 11 is 0. The Bertz CT molecular complexity index is 1050. The van der Waals surface area contributed by atoms with Gasteiger partial charge in [0.2, 0.25) is 5.91 Å². The maximum Gasteiger partial charge on any atom is 0.226 e. The Morgan fingerprint density at radius 1 is 1.25 bits per heavy atom. The molecule has 6 heteroatoms. The Labute approximate surface area is 163 Å². The van der Waals surface area contributed by atoms with E-state index < -0.39 is 0 Å². The third kappa shape index (κ3) is 3.19. The van der Waals surface area contributed by atoms with Gasteiger partial charge in [0.1, 0.15) is 18.8 Å². The molecule has 2 heterocycles. The van der Waals surface area contributed by atoms with E-state index >= 15 is 0 Å². The summed E-state index contributed by atoms with van der Waals surface area (Å²) < 4.78 is 12.8. The summed E-state index contributed by atoms with van der Waals surface area (Å²) in [5.41, 5.74) is 2.69. The summed E-state index contributed by atoms with van der Waals surface area (Å²) in [5.74, 6) is 4.04. The molecular weight excluding hydrogens is 354 g/mol. The number of ether oxygens (including phenoxy) is 2. The third-order valence-electron chi connectivity index (χ3n) is 4.71. The van der Waals surface area contributed by atoms with Crippen LogP contribution in [0.15, 0.2) is 54.9 Å². The summed E-state index contributed by atoms with van der Waals surface area (Å²) in [6.07, 6.45) is 7.31. The molecule has 6 nitrogen and oxygen atoms in total. The molecule has 0 saturated heterocycles. The van der Waals surface area contributed by atoms with Gasteiger partial charge in [-0.05, 0) is 29.8 Å². The van der Waals surface area contributed by atoms with Crippen molar-refractivity contribution in [2.24, 2.45) is 0 Å². The van der Waals surface area contributed by atoms with E-state index in [0.29, 0.717) is 23.7 Å². The van der Waals surface area contributed by atoms with Gasteiger partial charge in [-0.1, -0.05) is 30.2 Å². The fraction of sp³-hybridized carbons (Fsp3) is 0.182. The number of hydrogen-bond donors (Lipinski definition) is 1. The van der Waals surface area contributed by atoms with Crippen LogP contribution < -0.4 is 14.8 Å². The lowest BCUT2D eigenvalue weighted by Gasteiger charge is -2.24. The van der Waals surface area contributed by atoms with Gasteiger partial charge in [0, 0.05) is 18.0 Å². The van der Waals surface area contributed by atoms with E-state index in [1.165, 1.54) is 0 Å². The van der Waals surface area contributed by atoms with E-state index in [1.807, 2.05) is 53.1 Å². The summed E-state index contributed by atoms with van der Waals surface area (Å²) in [6.45, 7) is 0.160. The molecular formula is C22H19N3O3. The molecule has 1 aliphatic heterocycles. The van der Waals surface area contributed by atoms with E-state index in [-0.39, 0.29) is 18.4 Å². The number of fused-ring (bicyclic) bond motifs is 1. The molecule has 0 bridgehead atoms. The van der Waals surface area contributed by atoms with Crippen molar-refractivity contribution < 1.29 is 14.3 Å². The van der Waals surface area contributed by atoms with E-state index in [0.717, 1.165) is 16.9 Å². The number of methoxy groups -OCH3 is 1. The number of carbonyl (C=O) groups is 1. The van der Waals surface area contributed by atoms with Crippen LogP contribution in [0.3, 0.4) is 0 Å². The molecule has 3 aromatic rings. The number of carbonyl (C=O) groups excluding carboxylic acids is 1. The summed E-state index contributed by atoms with van der Waals surface area (Å²) in [7, 11) is 1.57. The summed E-state index contributed by atoms with van der Waals surface area (Å²) in [4.78, 5) is 17.0. The van der Waals surface area contributed by atoms with E-state index in [1.54, 1.807) is 13.4 Å². The molecule has 140 valence electrons. The molecule has 1 aliphatic rings. The minimum atomic E-state index is -0.177. The first-order chi connectivity index (χ1) is 13.7. The van der Waals surface area contributed by atoms with Crippen molar-refractivity contribution >= 4 is 11.7 Å². The van der Waals surface area contributed by atoms with Crippen LogP contribution in [-0.2, 0) is 4.79 Å². The average molecular weight is 373 g/mol. The Balaban J connectivity index is 1.74. The molecule has 0 aliphatic carbocycles. The highest BCUT2D eigenvalue weighted by molar-refractivity contribution is 5.94. The Morgan fingerprint density at radius 2 is 2.07 bits per heavy atom. The smallest absolute Gasteiger partial charge is 0.226 e. The molecule has 4 rings (SSSR count). The Morgan fingerprint density at radius 3 is 2.82 bits per heavy atom. The second kappa shape index (κ2) is 7.49. The van der Waals surface area contributed by atoms with Crippen molar-refractivity contribution in [1.29, 1.82) is 0 Å². The number of rotatable bonds is 5. The van der Waals surface area contributed by atoms with Crippen molar-refractivity contribution in [3.05, 3.63) is 66.1 Å². The summed E-state index contributed by atoms with van der Waals surface area (Å²) in [6, 6.07) is 15.4. The normalized spacial score (nSPS) is 15.3. The first-order valence-electron chi connectivity index (χ1n) is 8.88. The molecule has 28 heavy (non-hydrogen) atoms. The van der Waals surface area contributed by atoms with Crippen LogP contribution in [0.2, 0.25) is 0 Å². The van der Waals surface area contributed by atoms with Crippen LogP contribution in [-0.4, -0.2) is 29.2 Å². The fourth-order valence-corrected chi connectivity index (χ4v) is 3.41. The van der Waals surface area contributed by atoms with E-state index in [2.05, 4.69) is 16.2 Å². The first-order valence-corrected chi connectivity index (χ1v) is 8.88. The molecule has 0 saturated carbocycles. The zero-order valence-electron chi connectivity index (χ0n) is 15.4. The highest BCUT2D eigenvalue weighted by atomic mass is 16.5. The number of amides is 1. The van der Waals surface area contributed by atoms with Gasteiger partial charge in [0.15, 0.2) is 11.5 Å². The second-order valence-electron chi connectivity index (χ2n) is 6.39. The largest absolute Gasteiger partial charge is 0.493 e. The third-order valence-corrected chi connectivity index (χ3v) is 4.71. The fourth-order valence-electron chi connectivity index (χ4n) is 3.41. The number of nitrogens with zero attached hydrogens (tertiary/aromatic N) is 2. The number of nitrogens with one attached hydrogen (secondary N) is 1. The van der Waals surface area contributed by atoms with Crippen LogP contribution in [0, 0.1) is 12.3 Å². The maximum absolute atomic E-state index is 12.4. The lowest BCUT2D eigenvalue weighted by atomic mass is 9.89. The highest BCUT2D eigenvalue weighted by Gasteiger charge is 2.31. The standard InChI is InChI=1S/C22H19N3O3/c1-3-11-28-18-10-9-15(12-19(18)27-2)17-13-20(26)24-22-21(17)23-14-25(22)16-7-5-4-6-8-16/h1,4-10,12,14,17H,11,13H2,2H3,(H,24,26)/t17-/m0/s1. The first kappa shape index (κ1) is 17.7. The molecule has 1 atom stereocenters. The van der Waals surface area contributed by atoms with Crippen molar-refractivity contribution in [3.8, 4) is 29.5 Å². The topological polar surface area (TPSA) is 65.4 Å². The average Bonchev–Trinajstić information content (AvgIpc) is 3.16. The predicted molar refractivity (Wildman–Crippen MR) is 106 cm³/mol. The zero-order valence-corrected chi connectivity index (χ0v) is 15.4. The predicted octanol–water partition coefficient (Wildman–Crippen LogP) is 3.37. The van der Waals surface area contributed by atoms with Crippen molar-refractivity contribution in [2.75, 3.05) is 19.0 Å². The van der Waals surface area contributed by atoms with Gasteiger partial charge in [-0.15, -0.1) is 6.42 Å². The van der Waals surface area contributed by atoms with Gasteiger partial charge in [-0.3, -0.25) is 9.36 Å². The number of anilines is 1. The van der Waals surface area contributed by atoms with Gasteiger partial charge >= 0.3 is 0 Å². The molecule has 0 radical (unpaired) electrons. The van der Waals surface area contributed by atoms with E-state index in [9.17, 15) is 4.79 Å². The van der Waals surface area contributed by atoms with Crippen molar-refractivity contribution in [1.82, 2.24) is 9.55 Å². The quantitative estimate of drug-likeness (QED) is 0.697. The zero-order chi connectivity index (χ0) is 19.5. The van der Waals surface area contributed by atoms with Gasteiger partial charge in [-0.2, -0.15) is 0 Å². The monoisotopic (exact) mass is 373 g/mol. The molecule has 1 N–H and O–H groups in total. The summed E-state index contributed by atoms with van der Waals surface area (Å²) in [5, 5.41) is 2.96. The van der Waals surface area contributed by atoms with Gasteiger partial charge in [-0.25, -0.2) is 4.98 Å². The number of terminal acetylenes is 1. The van der Waals surface area contributed by atoms with Gasteiger partial charge in [0.25, 0.3) is 0 Å².